The van der Waals surface area contributed by atoms with Crippen molar-refractivity contribution in [3.05, 3.63) is 49.1 Å². The van der Waals surface area contributed by atoms with Crippen molar-refractivity contribution in [2.24, 2.45) is 5.92 Å². The van der Waals surface area contributed by atoms with Crippen LogP contribution in [0.25, 0.3) is 33.1 Å². The molecule has 2 N–H and O–H groups in total. The number of pyridine rings is 1. The van der Waals surface area contributed by atoms with E-state index in [9.17, 15) is 9.90 Å². The third-order valence-electron chi connectivity index (χ3n) is 5.46. The summed E-state index contributed by atoms with van der Waals surface area (Å²) in [7, 11) is 0. The number of H-pyrrole nitrogens is 1. The number of benzene rings is 1. The van der Waals surface area contributed by atoms with Gasteiger partial charge in [0.05, 0.1) is 16.8 Å². The minimum Gasteiger partial charge on any atom is -0.481 e. The monoisotopic (exact) mass is 373 g/mol. The van der Waals surface area contributed by atoms with Gasteiger partial charge in [-0.25, -0.2) is 15.0 Å². The molecule has 1 aromatic carbocycles. The summed E-state index contributed by atoms with van der Waals surface area (Å²) in [5, 5.41) is 11.5. The highest BCUT2D eigenvalue weighted by Gasteiger charge is 2.27. The van der Waals surface area contributed by atoms with Gasteiger partial charge in [-0.2, -0.15) is 0 Å². The second kappa shape index (κ2) is 6.60. The van der Waals surface area contributed by atoms with E-state index >= 15 is 0 Å². The average molecular weight is 373 g/mol. The summed E-state index contributed by atoms with van der Waals surface area (Å²) in [5.74, 6) is -0.318. The lowest BCUT2D eigenvalue weighted by Gasteiger charge is -2.32. The minimum atomic E-state index is -0.744. The van der Waals surface area contributed by atoms with Gasteiger partial charge in [0.1, 0.15) is 17.8 Å². The van der Waals surface area contributed by atoms with Gasteiger partial charge in [0.2, 0.25) is 0 Å². The number of piperidine rings is 1. The molecule has 0 spiro atoms. The van der Waals surface area contributed by atoms with Gasteiger partial charge in [-0.15, -0.1) is 0 Å². The zero-order valence-electron chi connectivity index (χ0n) is 15.2. The first kappa shape index (κ1) is 16.7. The molecule has 0 radical (unpaired) electrons. The Balaban J connectivity index is 1.72. The van der Waals surface area contributed by atoms with Gasteiger partial charge in [0.25, 0.3) is 0 Å². The number of aliphatic carboxylic acids is 1. The van der Waals surface area contributed by atoms with Crippen LogP contribution in [0.4, 0.5) is 5.82 Å². The summed E-state index contributed by atoms with van der Waals surface area (Å²) < 4.78 is 0. The maximum Gasteiger partial charge on any atom is 0.308 e. The Morgan fingerprint density at radius 3 is 2.96 bits per heavy atom. The third kappa shape index (κ3) is 2.67. The number of carbonyl (C=O) groups is 1. The first-order valence-corrected chi connectivity index (χ1v) is 9.36. The Morgan fingerprint density at radius 1 is 1.14 bits per heavy atom. The summed E-state index contributed by atoms with van der Waals surface area (Å²) in [6.07, 6.45) is 6.77. The van der Waals surface area contributed by atoms with Crippen molar-refractivity contribution in [2.75, 3.05) is 18.0 Å². The molecular formula is C21H19N5O2. The summed E-state index contributed by atoms with van der Waals surface area (Å²) in [6, 6.07) is 10.0. The largest absolute Gasteiger partial charge is 0.481 e. The SMILES string of the molecule is O=C(O)C1CCCN(c2ncnc3cccc(-c4ccnc5[nH]ccc45)c23)C1. The van der Waals surface area contributed by atoms with Crippen LogP contribution in [0.15, 0.2) is 49.1 Å². The standard InChI is InChI=1S/C21H19N5O2/c27-21(28)13-3-2-10-26(11-13)20-18-15(4-1-5-17(18)24-12-25-20)14-6-8-22-19-16(14)7-9-23-19/h1,4-9,12-13H,2-3,10-11H2,(H,22,23)(H,27,28). The van der Waals surface area contributed by atoms with Gasteiger partial charge >= 0.3 is 5.97 Å². The van der Waals surface area contributed by atoms with Crippen LogP contribution in [0, 0.1) is 5.92 Å². The Labute approximate surface area is 161 Å². The number of nitrogens with one attached hydrogen (secondary N) is 1. The molecule has 1 aliphatic rings. The molecule has 1 atom stereocenters. The van der Waals surface area contributed by atoms with E-state index in [0.717, 1.165) is 51.8 Å². The zero-order valence-corrected chi connectivity index (χ0v) is 15.2. The fraction of sp³-hybridized carbons (Fsp3) is 0.238. The molecule has 4 aromatic rings. The van der Waals surface area contributed by atoms with E-state index in [-0.39, 0.29) is 5.92 Å². The van der Waals surface area contributed by atoms with Gasteiger partial charge < -0.3 is 15.0 Å². The van der Waals surface area contributed by atoms with E-state index in [1.54, 1.807) is 12.5 Å². The van der Waals surface area contributed by atoms with Gasteiger partial charge in [0, 0.05) is 30.9 Å². The van der Waals surface area contributed by atoms with E-state index in [1.807, 2.05) is 30.5 Å². The fourth-order valence-corrected chi connectivity index (χ4v) is 4.12. The van der Waals surface area contributed by atoms with Crippen molar-refractivity contribution < 1.29 is 9.90 Å². The summed E-state index contributed by atoms with van der Waals surface area (Å²) in [6.45, 7) is 1.26. The van der Waals surface area contributed by atoms with Crippen LogP contribution in [-0.4, -0.2) is 44.1 Å². The maximum atomic E-state index is 11.5. The Kier molecular flexibility index (Phi) is 3.93. The lowest BCUT2D eigenvalue weighted by atomic mass is 9.96. The fourth-order valence-electron chi connectivity index (χ4n) is 4.12. The van der Waals surface area contributed by atoms with E-state index < -0.39 is 5.97 Å². The number of carboxylic acids is 1. The smallest absolute Gasteiger partial charge is 0.308 e. The maximum absolute atomic E-state index is 11.5. The normalized spacial score (nSPS) is 17.3. The van der Waals surface area contributed by atoms with Gasteiger partial charge in [0.15, 0.2) is 0 Å². The summed E-state index contributed by atoms with van der Waals surface area (Å²) >= 11 is 0. The lowest BCUT2D eigenvalue weighted by Crippen LogP contribution is -2.39. The molecular weight excluding hydrogens is 354 g/mol. The Bertz CT molecular complexity index is 1180. The predicted molar refractivity (Wildman–Crippen MR) is 107 cm³/mol. The molecule has 4 heterocycles. The highest BCUT2D eigenvalue weighted by Crippen LogP contribution is 2.37. The topological polar surface area (TPSA) is 95.0 Å². The number of rotatable bonds is 3. The number of aromatic nitrogens is 4. The number of hydrogen-bond donors (Lipinski definition) is 2. The average Bonchev–Trinajstić information content (AvgIpc) is 3.22. The van der Waals surface area contributed by atoms with Crippen LogP contribution in [0.1, 0.15) is 12.8 Å². The van der Waals surface area contributed by atoms with Crippen LogP contribution in [-0.2, 0) is 4.79 Å². The molecule has 3 aromatic heterocycles. The highest BCUT2D eigenvalue weighted by atomic mass is 16.4. The lowest BCUT2D eigenvalue weighted by molar-refractivity contribution is -0.141. The zero-order chi connectivity index (χ0) is 19.1. The van der Waals surface area contributed by atoms with Gasteiger partial charge in [-0.05, 0) is 42.2 Å². The molecule has 0 bridgehead atoms. The first-order chi connectivity index (χ1) is 13.7. The second-order valence-corrected chi connectivity index (χ2v) is 7.12. The van der Waals surface area contributed by atoms with Crippen molar-refractivity contribution in [1.29, 1.82) is 0 Å². The van der Waals surface area contributed by atoms with Crippen LogP contribution in [0.2, 0.25) is 0 Å². The van der Waals surface area contributed by atoms with Crippen molar-refractivity contribution in [3.8, 4) is 11.1 Å². The number of fused-ring (bicyclic) bond motifs is 2. The van der Waals surface area contributed by atoms with E-state index in [0.29, 0.717) is 13.0 Å². The van der Waals surface area contributed by atoms with Gasteiger partial charge in [-0.1, -0.05) is 12.1 Å². The number of carboxylic acid groups (broad SMARTS) is 1. The molecule has 1 saturated heterocycles. The number of anilines is 1. The van der Waals surface area contributed by atoms with E-state index in [2.05, 4.69) is 30.9 Å². The van der Waals surface area contributed by atoms with Crippen LogP contribution in [0.5, 0.6) is 0 Å². The molecule has 7 heteroatoms. The number of hydrogen-bond acceptors (Lipinski definition) is 5. The second-order valence-electron chi connectivity index (χ2n) is 7.12. The van der Waals surface area contributed by atoms with Crippen LogP contribution in [0.3, 0.4) is 0 Å². The van der Waals surface area contributed by atoms with Crippen molar-refractivity contribution in [1.82, 2.24) is 19.9 Å². The van der Waals surface area contributed by atoms with E-state index in [4.69, 9.17) is 0 Å². The molecule has 0 aliphatic carbocycles. The van der Waals surface area contributed by atoms with Crippen molar-refractivity contribution >= 4 is 33.7 Å². The van der Waals surface area contributed by atoms with Crippen molar-refractivity contribution in [2.45, 2.75) is 12.8 Å². The minimum absolute atomic E-state index is 0.372. The summed E-state index contributed by atoms with van der Waals surface area (Å²) in [5.41, 5.74) is 3.76. The molecule has 1 unspecified atom stereocenters. The van der Waals surface area contributed by atoms with Crippen LogP contribution >= 0.6 is 0 Å². The molecule has 0 amide bonds. The molecule has 1 aliphatic heterocycles. The molecule has 28 heavy (non-hydrogen) atoms. The van der Waals surface area contributed by atoms with E-state index in [1.165, 1.54) is 0 Å². The number of nitrogens with zero attached hydrogens (tertiary/aromatic N) is 4. The quantitative estimate of drug-likeness (QED) is 0.571. The highest BCUT2D eigenvalue weighted by molar-refractivity contribution is 6.07. The predicted octanol–water partition coefficient (Wildman–Crippen LogP) is 3.47. The third-order valence-corrected chi connectivity index (χ3v) is 5.46. The molecule has 5 rings (SSSR count). The molecule has 7 nitrogen and oxygen atoms in total. The Morgan fingerprint density at radius 2 is 2.07 bits per heavy atom. The first-order valence-electron chi connectivity index (χ1n) is 9.36. The number of aromatic amines is 1. The Hall–Kier alpha value is -3.48. The molecule has 0 saturated carbocycles. The molecule has 1 fully saturated rings. The summed E-state index contributed by atoms with van der Waals surface area (Å²) in [4.78, 5) is 30.2. The van der Waals surface area contributed by atoms with Crippen molar-refractivity contribution in [3.63, 3.8) is 0 Å². The van der Waals surface area contributed by atoms with Crippen LogP contribution < -0.4 is 4.90 Å². The van der Waals surface area contributed by atoms with Gasteiger partial charge in [-0.3, -0.25) is 4.79 Å². The molecule has 140 valence electrons.